The van der Waals surface area contributed by atoms with Crippen LogP contribution in [0.3, 0.4) is 0 Å². The molecule has 2 aromatic rings. The Morgan fingerprint density at radius 2 is 2.00 bits per heavy atom. The molecule has 3 rings (SSSR count). The number of fused-ring (bicyclic) bond motifs is 1. The lowest BCUT2D eigenvalue weighted by Crippen LogP contribution is -2.38. The minimum Gasteiger partial charge on any atom is -0.322 e. The molecule has 0 radical (unpaired) electrons. The lowest BCUT2D eigenvalue weighted by atomic mass is 9.94. The van der Waals surface area contributed by atoms with E-state index in [1.54, 1.807) is 18.3 Å². The van der Waals surface area contributed by atoms with Crippen LogP contribution in [0, 0.1) is 5.41 Å². The fourth-order valence-electron chi connectivity index (χ4n) is 3.00. The van der Waals surface area contributed by atoms with Crippen molar-refractivity contribution in [3.63, 3.8) is 0 Å². The number of carbonyl (C=O) groups excluding carboxylic acids is 2. The monoisotopic (exact) mass is 369 g/mol. The Morgan fingerprint density at radius 1 is 1.23 bits per heavy atom. The van der Waals surface area contributed by atoms with Crippen molar-refractivity contribution in [1.82, 2.24) is 4.98 Å². The van der Waals surface area contributed by atoms with E-state index >= 15 is 0 Å². The number of nitrogens with zero attached hydrogens (tertiary/aromatic N) is 2. The van der Waals surface area contributed by atoms with Gasteiger partial charge in [0.2, 0.25) is 5.91 Å². The maximum atomic E-state index is 12.7. The maximum absolute atomic E-state index is 12.7. The molecule has 136 valence electrons. The van der Waals surface area contributed by atoms with Crippen LogP contribution in [-0.2, 0) is 11.2 Å². The number of hydrogen-bond donors (Lipinski definition) is 1. The summed E-state index contributed by atoms with van der Waals surface area (Å²) in [5.41, 5.74) is 2.80. The van der Waals surface area contributed by atoms with Crippen molar-refractivity contribution in [2.75, 3.05) is 23.0 Å². The fourth-order valence-corrected chi connectivity index (χ4v) is 3.54. The molecule has 2 heterocycles. The van der Waals surface area contributed by atoms with Crippen molar-refractivity contribution in [3.05, 3.63) is 47.7 Å². The number of benzene rings is 1. The van der Waals surface area contributed by atoms with E-state index < -0.39 is 5.41 Å². The lowest BCUT2D eigenvalue weighted by Gasteiger charge is -2.26. The summed E-state index contributed by atoms with van der Waals surface area (Å²) < 4.78 is 0. The number of anilines is 2. The second-order valence-corrected chi connectivity index (χ2v) is 8.11. The molecule has 6 heteroatoms. The molecule has 1 N–H and O–H groups in total. The molecule has 1 aliphatic heterocycles. The average molecular weight is 369 g/mol. The van der Waals surface area contributed by atoms with Crippen molar-refractivity contribution in [2.45, 2.75) is 32.2 Å². The largest absolute Gasteiger partial charge is 0.322 e. The number of rotatable bonds is 3. The highest BCUT2D eigenvalue weighted by Gasteiger charge is 2.32. The van der Waals surface area contributed by atoms with Gasteiger partial charge in [0.05, 0.1) is 5.56 Å². The van der Waals surface area contributed by atoms with Crippen LogP contribution in [0.5, 0.6) is 0 Å². The molecule has 1 aromatic heterocycles. The summed E-state index contributed by atoms with van der Waals surface area (Å²) in [7, 11) is 0. The van der Waals surface area contributed by atoms with Crippen LogP contribution in [0.25, 0.3) is 0 Å². The normalized spacial score (nSPS) is 13.5. The average Bonchev–Trinajstić information content (AvgIpc) is 3.03. The zero-order chi connectivity index (χ0) is 18.9. The van der Waals surface area contributed by atoms with Crippen LogP contribution < -0.4 is 10.2 Å². The first-order valence-corrected chi connectivity index (χ1v) is 9.79. The molecule has 0 unspecified atom stereocenters. The van der Waals surface area contributed by atoms with Gasteiger partial charge >= 0.3 is 0 Å². The highest BCUT2D eigenvalue weighted by Crippen LogP contribution is 2.34. The first-order valence-electron chi connectivity index (χ1n) is 8.56. The molecule has 26 heavy (non-hydrogen) atoms. The van der Waals surface area contributed by atoms with Crippen LogP contribution in [0.2, 0.25) is 0 Å². The number of amides is 2. The second-order valence-electron chi connectivity index (χ2n) is 7.31. The lowest BCUT2D eigenvalue weighted by molar-refractivity contribution is -0.125. The molecule has 1 aromatic carbocycles. The van der Waals surface area contributed by atoms with Gasteiger partial charge in [-0.2, -0.15) is 0 Å². The minimum atomic E-state index is -0.441. The summed E-state index contributed by atoms with van der Waals surface area (Å²) in [6, 6.07) is 9.27. The number of hydrogen-bond acceptors (Lipinski definition) is 4. The summed E-state index contributed by atoms with van der Waals surface area (Å²) >= 11 is 1.44. The van der Waals surface area contributed by atoms with E-state index in [0.29, 0.717) is 22.8 Å². The summed E-state index contributed by atoms with van der Waals surface area (Å²) in [6.07, 6.45) is 4.41. The minimum absolute atomic E-state index is 0.0941. The smallest absolute Gasteiger partial charge is 0.258 e. The first kappa shape index (κ1) is 18.5. The van der Waals surface area contributed by atoms with Crippen molar-refractivity contribution in [2.24, 2.45) is 5.41 Å². The van der Waals surface area contributed by atoms with Crippen LogP contribution in [0.1, 0.15) is 36.7 Å². The molecule has 0 saturated heterocycles. The zero-order valence-corrected chi connectivity index (χ0v) is 16.3. The van der Waals surface area contributed by atoms with E-state index in [1.165, 1.54) is 11.8 Å². The molecule has 0 saturated carbocycles. The standard InChI is InChI=1S/C20H23N3O2S/c1-20(2,3)19(25)23-11-9-13-7-8-14(12-16(13)23)22-17(24)15-6-5-10-21-18(15)26-4/h5-8,10,12H,9,11H2,1-4H3,(H,22,24). The first-order chi connectivity index (χ1) is 12.3. The summed E-state index contributed by atoms with van der Waals surface area (Å²) in [5.74, 6) is -0.106. The van der Waals surface area contributed by atoms with E-state index in [2.05, 4.69) is 10.3 Å². The molecular formula is C20H23N3O2S. The van der Waals surface area contributed by atoms with Gasteiger partial charge in [-0.3, -0.25) is 9.59 Å². The topological polar surface area (TPSA) is 62.3 Å². The van der Waals surface area contributed by atoms with Crippen LogP contribution in [-0.4, -0.2) is 29.6 Å². The van der Waals surface area contributed by atoms with Gasteiger partial charge in [-0.1, -0.05) is 26.8 Å². The fraction of sp³-hybridized carbons (Fsp3) is 0.350. The van der Waals surface area contributed by atoms with Gasteiger partial charge < -0.3 is 10.2 Å². The Hall–Kier alpha value is -2.34. The molecule has 0 aliphatic carbocycles. The number of nitrogens with one attached hydrogen (secondary N) is 1. The molecular weight excluding hydrogens is 346 g/mol. The van der Waals surface area contributed by atoms with Gasteiger partial charge in [-0.05, 0) is 42.5 Å². The Balaban J connectivity index is 1.85. The Bertz CT molecular complexity index is 858. The van der Waals surface area contributed by atoms with Crippen molar-refractivity contribution >= 4 is 35.0 Å². The molecule has 5 nitrogen and oxygen atoms in total. The Morgan fingerprint density at radius 3 is 2.69 bits per heavy atom. The highest BCUT2D eigenvalue weighted by molar-refractivity contribution is 7.98. The Kier molecular flexibility index (Phi) is 5.05. The van der Waals surface area contributed by atoms with Crippen LogP contribution >= 0.6 is 11.8 Å². The van der Waals surface area contributed by atoms with Crippen molar-refractivity contribution in [3.8, 4) is 0 Å². The maximum Gasteiger partial charge on any atom is 0.258 e. The van der Waals surface area contributed by atoms with Crippen LogP contribution in [0.15, 0.2) is 41.6 Å². The van der Waals surface area contributed by atoms with Gasteiger partial charge in [-0.25, -0.2) is 4.98 Å². The van der Waals surface area contributed by atoms with Crippen LogP contribution in [0.4, 0.5) is 11.4 Å². The van der Waals surface area contributed by atoms with E-state index in [-0.39, 0.29) is 11.8 Å². The molecule has 0 bridgehead atoms. The van der Waals surface area contributed by atoms with E-state index in [1.807, 2.05) is 50.1 Å². The van der Waals surface area contributed by atoms with Gasteiger partial charge in [0.25, 0.3) is 5.91 Å². The van der Waals surface area contributed by atoms with Gasteiger partial charge in [0, 0.05) is 29.5 Å². The van der Waals surface area contributed by atoms with E-state index in [0.717, 1.165) is 17.7 Å². The second kappa shape index (κ2) is 7.11. The summed E-state index contributed by atoms with van der Waals surface area (Å²) in [5, 5.41) is 3.62. The molecule has 2 amide bonds. The third-order valence-corrected chi connectivity index (χ3v) is 5.05. The van der Waals surface area contributed by atoms with Gasteiger partial charge in [0.1, 0.15) is 5.03 Å². The van der Waals surface area contributed by atoms with Gasteiger partial charge in [-0.15, -0.1) is 11.8 Å². The predicted molar refractivity (Wildman–Crippen MR) is 106 cm³/mol. The highest BCUT2D eigenvalue weighted by atomic mass is 32.2. The van der Waals surface area contributed by atoms with Gasteiger partial charge in [0.15, 0.2) is 0 Å². The summed E-state index contributed by atoms with van der Waals surface area (Å²) in [6.45, 7) is 6.45. The third kappa shape index (κ3) is 3.60. The third-order valence-electron chi connectivity index (χ3n) is 4.33. The van der Waals surface area contributed by atoms with Crippen molar-refractivity contribution in [1.29, 1.82) is 0 Å². The molecule has 0 spiro atoms. The molecule has 1 aliphatic rings. The van der Waals surface area contributed by atoms with E-state index in [9.17, 15) is 9.59 Å². The number of carbonyl (C=O) groups is 2. The molecule has 0 atom stereocenters. The number of thioether (sulfide) groups is 1. The quantitative estimate of drug-likeness (QED) is 0.831. The van der Waals surface area contributed by atoms with E-state index in [4.69, 9.17) is 0 Å². The zero-order valence-electron chi connectivity index (χ0n) is 15.5. The van der Waals surface area contributed by atoms with Crippen molar-refractivity contribution < 1.29 is 9.59 Å². The Labute approximate surface area is 158 Å². The number of aromatic nitrogens is 1. The number of pyridine rings is 1. The summed E-state index contributed by atoms with van der Waals surface area (Å²) in [4.78, 5) is 31.4. The SMILES string of the molecule is CSc1ncccc1C(=O)Nc1ccc2c(c1)N(C(=O)C(C)(C)C)CC2. The predicted octanol–water partition coefficient (Wildman–Crippen LogP) is 3.99. The molecule has 0 fully saturated rings.